The van der Waals surface area contributed by atoms with Crippen LogP contribution in [0.3, 0.4) is 0 Å². The highest BCUT2D eigenvalue weighted by Crippen LogP contribution is 2.24. The van der Waals surface area contributed by atoms with Crippen molar-refractivity contribution in [1.29, 1.82) is 0 Å². The van der Waals surface area contributed by atoms with Crippen LogP contribution in [-0.4, -0.2) is 36.0 Å². The van der Waals surface area contributed by atoms with Gasteiger partial charge in [-0.3, -0.25) is 0 Å². The number of ether oxygens (including phenoxy) is 3. The highest BCUT2D eigenvalue weighted by atomic mass is 28.1. The van der Waals surface area contributed by atoms with Gasteiger partial charge < -0.3 is 14.2 Å². The zero-order valence-electron chi connectivity index (χ0n) is 12.2. The molecule has 0 aliphatic rings. The Bertz CT molecular complexity index is 222. The maximum absolute atomic E-state index is 5.71. The van der Waals surface area contributed by atoms with Gasteiger partial charge in [-0.25, -0.2) is 0 Å². The molecule has 0 saturated heterocycles. The van der Waals surface area contributed by atoms with E-state index in [4.69, 9.17) is 14.2 Å². The quantitative estimate of drug-likeness (QED) is 0.212. The summed E-state index contributed by atoms with van der Waals surface area (Å²) in [4.78, 5) is 0. The van der Waals surface area contributed by atoms with E-state index in [1.807, 2.05) is 0 Å². The van der Waals surface area contributed by atoms with Crippen molar-refractivity contribution >= 4 is 10.2 Å². The lowest BCUT2D eigenvalue weighted by Crippen LogP contribution is -2.39. The lowest BCUT2D eigenvalue weighted by Gasteiger charge is -2.32. The van der Waals surface area contributed by atoms with Crippen LogP contribution in [0.5, 0.6) is 0 Å². The van der Waals surface area contributed by atoms with Crippen LogP contribution < -0.4 is 0 Å². The first-order valence-corrected chi connectivity index (χ1v) is 8.40. The Morgan fingerprint density at radius 3 is 1.63 bits per heavy atom. The predicted molar refractivity (Wildman–Crippen MR) is 84.4 cm³/mol. The molecule has 0 saturated carbocycles. The molecular weight excluding hydrogens is 256 g/mol. The van der Waals surface area contributed by atoms with Gasteiger partial charge in [0, 0.05) is 16.7 Å². The molecule has 0 aromatic rings. The predicted octanol–water partition coefficient (Wildman–Crippen LogP) is 2.59. The van der Waals surface area contributed by atoms with Crippen molar-refractivity contribution in [3.05, 3.63) is 38.0 Å². The van der Waals surface area contributed by atoms with Crippen molar-refractivity contribution in [2.24, 2.45) is 0 Å². The second-order valence-corrected chi connectivity index (χ2v) is 5.29. The Hall–Kier alpha value is -0.683. The Morgan fingerprint density at radius 1 is 0.789 bits per heavy atom. The van der Waals surface area contributed by atoms with Crippen LogP contribution in [-0.2, 0) is 14.2 Å². The van der Waals surface area contributed by atoms with Gasteiger partial charge in [0.15, 0.2) is 0 Å². The van der Waals surface area contributed by atoms with Gasteiger partial charge >= 0.3 is 0 Å². The summed E-state index contributed by atoms with van der Waals surface area (Å²) in [5.41, 5.74) is 0. The molecule has 3 nitrogen and oxygen atoms in total. The average molecular weight is 284 g/mol. The van der Waals surface area contributed by atoms with Gasteiger partial charge in [0.25, 0.3) is 5.97 Å². The molecule has 0 atom stereocenters. The van der Waals surface area contributed by atoms with Gasteiger partial charge in [-0.05, 0) is 6.42 Å². The maximum Gasteiger partial charge on any atom is 0.283 e. The van der Waals surface area contributed by atoms with Crippen LogP contribution in [0.15, 0.2) is 38.0 Å². The molecule has 0 spiro atoms. The smallest absolute Gasteiger partial charge is 0.283 e. The van der Waals surface area contributed by atoms with Crippen molar-refractivity contribution in [2.45, 2.75) is 37.7 Å². The number of hydrogen-bond donors (Lipinski definition) is 0. The molecule has 4 heteroatoms. The van der Waals surface area contributed by atoms with E-state index >= 15 is 0 Å². The second-order valence-electron chi connectivity index (χ2n) is 4.29. The summed E-state index contributed by atoms with van der Waals surface area (Å²) in [5, 5.41) is 0. The highest BCUT2D eigenvalue weighted by Gasteiger charge is 2.32. The van der Waals surface area contributed by atoms with Gasteiger partial charge in [-0.2, -0.15) is 0 Å². The first kappa shape index (κ1) is 18.3. The van der Waals surface area contributed by atoms with Crippen LogP contribution >= 0.6 is 0 Å². The molecule has 0 aliphatic carbocycles. The Balaban J connectivity index is 4.50. The SMILES string of the molecule is C=CCOC(CCCCC[SiH3])(OCC=C)OCC=C. The lowest BCUT2D eigenvalue weighted by molar-refractivity contribution is -0.373. The van der Waals surface area contributed by atoms with Crippen molar-refractivity contribution < 1.29 is 14.2 Å². The van der Waals surface area contributed by atoms with Crippen LogP contribution in [0.2, 0.25) is 6.04 Å². The third-order valence-corrected chi connectivity index (χ3v) is 3.31. The Kier molecular flexibility index (Phi) is 11.9. The topological polar surface area (TPSA) is 27.7 Å². The molecule has 0 N–H and O–H groups in total. The second kappa shape index (κ2) is 12.4. The van der Waals surface area contributed by atoms with E-state index in [1.54, 1.807) is 18.2 Å². The molecule has 0 radical (unpaired) electrons. The van der Waals surface area contributed by atoms with Crippen LogP contribution in [0.4, 0.5) is 0 Å². The van der Waals surface area contributed by atoms with Gasteiger partial charge in [0.05, 0.1) is 19.8 Å². The van der Waals surface area contributed by atoms with E-state index in [0.717, 1.165) is 6.42 Å². The van der Waals surface area contributed by atoms with Gasteiger partial charge in [0.2, 0.25) is 0 Å². The van der Waals surface area contributed by atoms with Crippen molar-refractivity contribution in [3.8, 4) is 0 Å². The normalized spacial score (nSPS) is 11.4. The van der Waals surface area contributed by atoms with Crippen LogP contribution in [0, 0.1) is 0 Å². The third kappa shape index (κ3) is 8.94. The van der Waals surface area contributed by atoms with E-state index in [9.17, 15) is 0 Å². The van der Waals surface area contributed by atoms with E-state index in [2.05, 4.69) is 19.7 Å². The molecule has 110 valence electrons. The summed E-state index contributed by atoms with van der Waals surface area (Å²) in [7, 11) is 1.27. The molecule has 0 heterocycles. The summed E-state index contributed by atoms with van der Waals surface area (Å²) < 4.78 is 17.1. The maximum atomic E-state index is 5.71. The first-order valence-electron chi connectivity index (χ1n) is 6.99. The van der Waals surface area contributed by atoms with Gasteiger partial charge in [-0.15, -0.1) is 19.7 Å². The molecule has 0 aromatic heterocycles. The molecule has 0 bridgehead atoms. The summed E-state index contributed by atoms with van der Waals surface area (Å²) >= 11 is 0. The van der Waals surface area contributed by atoms with Crippen molar-refractivity contribution in [2.75, 3.05) is 19.8 Å². The van der Waals surface area contributed by atoms with E-state index in [-0.39, 0.29) is 0 Å². The Morgan fingerprint density at radius 2 is 1.26 bits per heavy atom. The standard InChI is InChI=1S/C15H28O3Si/c1-4-11-16-15(17-12-5-2,18-13-6-3)10-8-7-9-14-19/h4-6H,1-3,7-14H2,19H3. The van der Waals surface area contributed by atoms with E-state index in [1.165, 1.54) is 29.1 Å². The first-order chi connectivity index (χ1) is 9.24. The summed E-state index contributed by atoms with van der Waals surface area (Å²) in [6, 6.07) is 1.33. The number of hydrogen-bond acceptors (Lipinski definition) is 3. The molecule has 0 fully saturated rings. The van der Waals surface area contributed by atoms with Gasteiger partial charge in [0.1, 0.15) is 0 Å². The molecule has 19 heavy (non-hydrogen) atoms. The fraction of sp³-hybridized carbons (Fsp3) is 0.600. The fourth-order valence-electron chi connectivity index (χ4n) is 1.67. The zero-order chi connectivity index (χ0) is 14.4. The molecule has 0 aliphatic heterocycles. The largest absolute Gasteiger partial charge is 0.323 e. The minimum atomic E-state index is -0.998. The monoisotopic (exact) mass is 284 g/mol. The highest BCUT2D eigenvalue weighted by molar-refractivity contribution is 6.08. The average Bonchev–Trinajstić information content (AvgIpc) is 2.44. The molecule has 0 rings (SSSR count). The molecule has 0 aromatic carbocycles. The van der Waals surface area contributed by atoms with Crippen molar-refractivity contribution in [3.63, 3.8) is 0 Å². The van der Waals surface area contributed by atoms with Crippen LogP contribution in [0.25, 0.3) is 0 Å². The minimum Gasteiger partial charge on any atom is -0.323 e. The van der Waals surface area contributed by atoms with E-state index in [0.29, 0.717) is 26.2 Å². The van der Waals surface area contributed by atoms with Crippen LogP contribution in [0.1, 0.15) is 25.7 Å². The van der Waals surface area contributed by atoms with Crippen molar-refractivity contribution in [1.82, 2.24) is 0 Å². The fourth-order valence-corrected chi connectivity index (χ4v) is 2.17. The summed E-state index contributed by atoms with van der Waals surface area (Å²) in [6.07, 6.45) is 9.27. The molecule has 0 unspecified atom stereocenters. The minimum absolute atomic E-state index is 0.398. The number of rotatable bonds is 14. The Labute approximate surface area is 120 Å². The van der Waals surface area contributed by atoms with E-state index < -0.39 is 5.97 Å². The lowest BCUT2D eigenvalue weighted by atomic mass is 10.2. The molecular formula is C15H28O3Si. The number of unbranched alkanes of at least 4 members (excludes halogenated alkanes) is 2. The molecule has 0 amide bonds. The summed E-state index contributed by atoms with van der Waals surface area (Å²) in [5.74, 6) is -0.998. The zero-order valence-corrected chi connectivity index (χ0v) is 14.2. The van der Waals surface area contributed by atoms with Gasteiger partial charge in [-0.1, -0.05) is 37.1 Å². The third-order valence-electron chi connectivity index (χ3n) is 2.60. The summed E-state index contributed by atoms with van der Waals surface area (Å²) in [6.45, 7) is 12.2.